The minimum Gasteiger partial charge on any atom is -0.375 e. The molecule has 0 radical (unpaired) electrons. The summed E-state index contributed by atoms with van der Waals surface area (Å²) in [5.74, 6) is 0. The fourth-order valence-electron chi connectivity index (χ4n) is 3.21. The van der Waals surface area contributed by atoms with Crippen LogP contribution in [0.25, 0.3) is 28.2 Å². The molecule has 0 N–H and O–H groups in total. The first-order valence-corrected chi connectivity index (χ1v) is 9.29. The molecule has 10 heteroatoms. The van der Waals surface area contributed by atoms with Crippen molar-refractivity contribution in [2.75, 3.05) is 6.61 Å². The number of hydrogen-bond donors (Lipinski definition) is 0. The fourth-order valence-corrected chi connectivity index (χ4v) is 3.21. The average molecular weight is 389 g/mol. The van der Waals surface area contributed by atoms with Gasteiger partial charge in [0.25, 0.3) is 0 Å². The van der Waals surface area contributed by atoms with Gasteiger partial charge < -0.3 is 9.14 Å². The summed E-state index contributed by atoms with van der Waals surface area (Å²) < 4.78 is 11.1. The normalized spacial score (nSPS) is 11.7. The molecule has 5 aromatic rings. The number of aryl methyl sites for hydroxylation is 1. The van der Waals surface area contributed by atoms with Crippen molar-refractivity contribution in [3.63, 3.8) is 0 Å². The van der Waals surface area contributed by atoms with E-state index < -0.39 is 0 Å². The number of aromatic nitrogens is 9. The Kier molecular flexibility index (Phi) is 4.24. The van der Waals surface area contributed by atoms with Crippen molar-refractivity contribution in [1.82, 2.24) is 44.1 Å². The maximum atomic E-state index is 5.53. The molecule has 0 amide bonds. The van der Waals surface area contributed by atoms with E-state index in [0.29, 0.717) is 31.1 Å². The Bertz CT molecular complexity index is 1300. The second-order valence-corrected chi connectivity index (χ2v) is 6.70. The maximum absolute atomic E-state index is 5.53. The van der Waals surface area contributed by atoms with Crippen LogP contribution in [0.2, 0.25) is 0 Å². The van der Waals surface area contributed by atoms with Gasteiger partial charge in [0.1, 0.15) is 5.65 Å². The Morgan fingerprint density at radius 3 is 2.83 bits per heavy atom. The highest BCUT2D eigenvalue weighted by Crippen LogP contribution is 2.18. The van der Waals surface area contributed by atoms with Crippen LogP contribution < -0.4 is 0 Å². The molecule has 0 aliphatic carbocycles. The van der Waals surface area contributed by atoms with Gasteiger partial charge in [-0.25, -0.2) is 19.6 Å². The molecule has 29 heavy (non-hydrogen) atoms. The van der Waals surface area contributed by atoms with Gasteiger partial charge in [-0.3, -0.25) is 4.68 Å². The monoisotopic (exact) mass is 389 g/mol. The van der Waals surface area contributed by atoms with E-state index in [1.807, 2.05) is 49.1 Å². The SMILES string of the molecule is CCOCc1cnc2ccc(Cn3nnc4ncc(-c5cnn(C)c5)nc43)cn12. The highest BCUT2D eigenvalue weighted by atomic mass is 16.5. The predicted octanol–water partition coefficient (Wildman–Crippen LogP) is 1.85. The van der Waals surface area contributed by atoms with Gasteiger partial charge >= 0.3 is 0 Å². The van der Waals surface area contributed by atoms with E-state index in [-0.39, 0.29) is 0 Å². The van der Waals surface area contributed by atoms with Crippen LogP contribution in [-0.2, 0) is 24.9 Å². The Balaban J connectivity index is 1.49. The molecule has 0 aliphatic heterocycles. The molecule has 0 saturated heterocycles. The lowest BCUT2D eigenvalue weighted by Gasteiger charge is -2.06. The van der Waals surface area contributed by atoms with Crippen molar-refractivity contribution in [1.29, 1.82) is 0 Å². The van der Waals surface area contributed by atoms with E-state index in [9.17, 15) is 0 Å². The standard InChI is InChI=1S/C19H19N9O/c1-3-29-12-15-7-20-17-5-4-13(9-27(15)17)10-28-19-18(24-25-28)21-8-16(23-19)14-6-22-26(2)11-14/h4-9,11H,3,10,12H2,1-2H3. The van der Waals surface area contributed by atoms with Gasteiger partial charge in [-0.15, -0.1) is 5.10 Å². The number of fused-ring (bicyclic) bond motifs is 2. The largest absolute Gasteiger partial charge is 0.375 e. The molecule has 5 aromatic heterocycles. The van der Waals surface area contributed by atoms with Crippen LogP contribution in [0.15, 0.2) is 43.1 Å². The summed E-state index contributed by atoms with van der Waals surface area (Å²) >= 11 is 0. The minimum absolute atomic E-state index is 0.512. The summed E-state index contributed by atoms with van der Waals surface area (Å²) in [6, 6.07) is 4.01. The summed E-state index contributed by atoms with van der Waals surface area (Å²) in [4.78, 5) is 13.5. The number of ether oxygens (including phenoxy) is 1. The zero-order chi connectivity index (χ0) is 19.8. The molecular weight excluding hydrogens is 370 g/mol. The van der Waals surface area contributed by atoms with Crippen molar-refractivity contribution >= 4 is 16.9 Å². The van der Waals surface area contributed by atoms with E-state index in [1.165, 1.54) is 0 Å². The maximum Gasteiger partial charge on any atom is 0.221 e. The van der Waals surface area contributed by atoms with Crippen molar-refractivity contribution in [3.05, 3.63) is 54.4 Å². The number of nitrogens with zero attached hydrogens (tertiary/aromatic N) is 9. The van der Waals surface area contributed by atoms with Gasteiger partial charge in [-0.1, -0.05) is 11.3 Å². The van der Waals surface area contributed by atoms with Crippen LogP contribution in [0.1, 0.15) is 18.2 Å². The molecule has 0 saturated carbocycles. The van der Waals surface area contributed by atoms with Crippen molar-refractivity contribution in [2.45, 2.75) is 20.1 Å². The van der Waals surface area contributed by atoms with Crippen LogP contribution in [0.4, 0.5) is 0 Å². The smallest absolute Gasteiger partial charge is 0.221 e. The Labute approximate surface area is 165 Å². The third-order valence-electron chi connectivity index (χ3n) is 4.66. The first-order valence-electron chi connectivity index (χ1n) is 9.29. The predicted molar refractivity (Wildman–Crippen MR) is 105 cm³/mol. The highest BCUT2D eigenvalue weighted by Gasteiger charge is 2.12. The second-order valence-electron chi connectivity index (χ2n) is 6.70. The molecule has 0 aliphatic rings. The molecule has 0 fully saturated rings. The Morgan fingerprint density at radius 1 is 1.07 bits per heavy atom. The lowest BCUT2D eigenvalue weighted by molar-refractivity contribution is 0.130. The summed E-state index contributed by atoms with van der Waals surface area (Å²) in [7, 11) is 1.87. The molecule has 5 heterocycles. The number of hydrogen-bond acceptors (Lipinski definition) is 7. The molecule has 0 atom stereocenters. The Hall–Kier alpha value is -3.66. The zero-order valence-electron chi connectivity index (χ0n) is 16.1. The van der Waals surface area contributed by atoms with Crippen LogP contribution in [0.3, 0.4) is 0 Å². The summed E-state index contributed by atoms with van der Waals surface area (Å²) in [5.41, 5.74) is 5.71. The van der Waals surface area contributed by atoms with Crippen molar-refractivity contribution < 1.29 is 4.74 Å². The van der Waals surface area contributed by atoms with Gasteiger partial charge in [0.05, 0.1) is 43.1 Å². The molecule has 0 aromatic carbocycles. The average Bonchev–Trinajstić information content (AvgIpc) is 3.45. The minimum atomic E-state index is 0.512. The van der Waals surface area contributed by atoms with E-state index in [2.05, 4.69) is 25.4 Å². The van der Waals surface area contributed by atoms with E-state index in [0.717, 1.165) is 28.2 Å². The van der Waals surface area contributed by atoms with Crippen LogP contribution in [0.5, 0.6) is 0 Å². The molecule has 10 nitrogen and oxygen atoms in total. The molecule has 146 valence electrons. The summed E-state index contributed by atoms with van der Waals surface area (Å²) in [6.45, 7) is 3.68. The molecule has 0 spiro atoms. The first-order chi connectivity index (χ1) is 14.2. The number of pyridine rings is 1. The van der Waals surface area contributed by atoms with Gasteiger partial charge in [0, 0.05) is 31.6 Å². The van der Waals surface area contributed by atoms with Gasteiger partial charge in [-0.2, -0.15) is 5.10 Å². The lowest BCUT2D eigenvalue weighted by Crippen LogP contribution is -2.05. The van der Waals surface area contributed by atoms with Crippen LogP contribution in [0, 0.1) is 0 Å². The third kappa shape index (κ3) is 3.23. The first kappa shape index (κ1) is 17.4. The fraction of sp³-hybridized carbons (Fsp3) is 0.263. The molecular formula is C19H19N9O. The van der Waals surface area contributed by atoms with E-state index in [4.69, 9.17) is 9.72 Å². The number of imidazole rings is 1. The van der Waals surface area contributed by atoms with Crippen LogP contribution in [-0.4, -0.2) is 50.7 Å². The van der Waals surface area contributed by atoms with Gasteiger partial charge in [0.2, 0.25) is 5.65 Å². The van der Waals surface area contributed by atoms with Crippen molar-refractivity contribution in [3.8, 4) is 11.3 Å². The van der Waals surface area contributed by atoms with Gasteiger partial charge in [-0.05, 0) is 18.6 Å². The number of rotatable bonds is 6. The molecule has 5 rings (SSSR count). The molecule has 0 unspecified atom stereocenters. The quantitative estimate of drug-likeness (QED) is 0.437. The summed E-state index contributed by atoms with van der Waals surface area (Å²) in [6.07, 6.45) is 9.23. The topological polar surface area (TPSA) is 101 Å². The highest BCUT2D eigenvalue weighted by molar-refractivity contribution is 5.69. The van der Waals surface area contributed by atoms with Gasteiger partial charge in [0.15, 0.2) is 5.65 Å². The zero-order valence-corrected chi connectivity index (χ0v) is 16.1. The van der Waals surface area contributed by atoms with Crippen LogP contribution >= 0.6 is 0 Å². The lowest BCUT2D eigenvalue weighted by atomic mass is 10.2. The third-order valence-corrected chi connectivity index (χ3v) is 4.66. The van der Waals surface area contributed by atoms with Crippen molar-refractivity contribution in [2.24, 2.45) is 7.05 Å². The second kappa shape index (κ2) is 7.06. The van der Waals surface area contributed by atoms with E-state index in [1.54, 1.807) is 21.8 Å². The van der Waals surface area contributed by atoms with E-state index >= 15 is 0 Å². The summed E-state index contributed by atoms with van der Waals surface area (Å²) in [5, 5.41) is 12.6. The molecule has 0 bridgehead atoms. The Morgan fingerprint density at radius 2 is 2.00 bits per heavy atom.